The van der Waals surface area contributed by atoms with E-state index in [0.717, 1.165) is 47.9 Å². The molecule has 0 bridgehead atoms. The molecule has 0 atom stereocenters. The van der Waals surface area contributed by atoms with Gasteiger partial charge in [0, 0.05) is 29.3 Å². The molecule has 0 spiro atoms. The summed E-state index contributed by atoms with van der Waals surface area (Å²) in [6, 6.07) is 10.2. The van der Waals surface area contributed by atoms with Crippen molar-refractivity contribution in [3.8, 4) is 17.1 Å². The molecule has 0 saturated carbocycles. The van der Waals surface area contributed by atoms with Crippen molar-refractivity contribution in [2.75, 3.05) is 13.1 Å². The zero-order chi connectivity index (χ0) is 19.1. The summed E-state index contributed by atoms with van der Waals surface area (Å²) in [6.45, 7) is 2.10. The lowest BCUT2D eigenvalue weighted by Gasteiger charge is -2.24. The minimum atomic E-state index is 0.504. The first-order valence-corrected chi connectivity index (χ1v) is 10.0. The number of hydrogen-bond donors (Lipinski definition) is 1. The van der Waals surface area contributed by atoms with Crippen molar-refractivity contribution in [3.05, 3.63) is 65.8 Å². The number of hydrogen-bond acceptors (Lipinski definition) is 3. The third kappa shape index (κ3) is 2.82. The van der Waals surface area contributed by atoms with E-state index < -0.39 is 0 Å². The predicted octanol–water partition coefficient (Wildman–Crippen LogP) is 4.55. The zero-order valence-electron chi connectivity index (χ0n) is 15.8. The molecule has 0 unspecified atom stereocenters. The number of aryl methyl sites for hydroxylation is 1. The molecule has 0 amide bonds. The monoisotopic (exact) mass is 391 g/mol. The van der Waals surface area contributed by atoms with Gasteiger partial charge in [0.2, 0.25) is 0 Å². The largest absolute Gasteiger partial charge is 0.333 e. The van der Waals surface area contributed by atoms with Crippen LogP contribution in [0, 0.1) is 0 Å². The number of halogens is 1. The average Bonchev–Trinajstić information content (AvgIpc) is 3.30. The molecule has 142 valence electrons. The van der Waals surface area contributed by atoms with Crippen molar-refractivity contribution in [3.63, 3.8) is 0 Å². The third-order valence-electron chi connectivity index (χ3n) is 5.70. The van der Waals surface area contributed by atoms with Crippen LogP contribution >= 0.6 is 11.6 Å². The van der Waals surface area contributed by atoms with Crippen LogP contribution in [0.2, 0.25) is 5.02 Å². The van der Waals surface area contributed by atoms with E-state index >= 15 is 0 Å². The van der Waals surface area contributed by atoms with Gasteiger partial charge in [0.1, 0.15) is 0 Å². The van der Waals surface area contributed by atoms with Crippen molar-refractivity contribution >= 4 is 22.5 Å². The first-order valence-electron chi connectivity index (χ1n) is 9.65. The highest BCUT2D eigenvalue weighted by Gasteiger charge is 2.28. The van der Waals surface area contributed by atoms with Crippen LogP contribution in [-0.2, 0) is 7.05 Å². The van der Waals surface area contributed by atoms with Gasteiger partial charge >= 0.3 is 0 Å². The summed E-state index contributed by atoms with van der Waals surface area (Å²) in [5, 5.41) is 5.50. The van der Waals surface area contributed by atoms with Gasteiger partial charge in [-0.05, 0) is 67.7 Å². The number of nitrogens with one attached hydrogen (secondary N) is 1. The molecular formula is C22H22ClN5. The molecule has 28 heavy (non-hydrogen) atoms. The standard InChI is InChI=1S/C22H22ClN5/c1-27-14-26-13-20(27)22-21(15-6-9-24-10-7-15)18-8-11-25-12-19(18)28(22)17-4-2-16(23)3-5-17/h2-5,8,11-15,24H,6-7,9-10H2,1H3. The third-order valence-corrected chi connectivity index (χ3v) is 5.95. The number of pyridine rings is 1. The van der Waals surface area contributed by atoms with E-state index in [1.165, 1.54) is 16.6 Å². The molecule has 1 saturated heterocycles. The summed E-state index contributed by atoms with van der Waals surface area (Å²) >= 11 is 6.17. The number of aromatic nitrogens is 4. The quantitative estimate of drug-likeness (QED) is 0.557. The van der Waals surface area contributed by atoms with E-state index in [-0.39, 0.29) is 0 Å². The average molecular weight is 392 g/mol. The Morgan fingerprint density at radius 2 is 1.82 bits per heavy atom. The van der Waals surface area contributed by atoms with Crippen molar-refractivity contribution in [2.24, 2.45) is 7.05 Å². The van der Waals surface area contributed by atoms with Gasteiger partial charge in [0.05, 0.1) is 35.6 Å². The second kappa shape index (κ2) is 7.08. The first-order chi connectivity index (χ1) is 13.7. The molecule has 0 radical (unpaired) electrons. The van der Waals surface area contributed by atoms with Gasteiger partial charge in [-0.2, -0.15) is 0 Å². The predicted molar refractivity (Wildman–Crippen MR) is 113 cm³/mol. The SMILES string of the molecule is Cn1cncc1-c1c(C2CCNCC2)c2ccncc2n1-c1ccc(Cl)cc1. The smallest absolute Gasteiger partial charge is 0.0948 e. The normalized spacial score (nSPS) is 15.4. The van der Waals surface area contributed by atoms with Crippen molar-refractivity contribution in [1.82, 2.24) is 24.4 Å². The van der Waals surface area contributed by atoms with Crippen LogP contribution in [0.5, 0.6) is 0 Å². The van der Waals surface area contributed by atoms with Crippen LogP contribution in [0.15, 0.2) is 55.2 Å². The number of nitrogens with zero attached hydrogens (tertiary/aromatic N) is 4. The fourth-order valence-corrected chi connectivity index (χ4v) is 4.51. The summed E-state index contributed by atoms with van der Waals surface area (Å²) in [5.74, 6) is 0.504. The minimum Gasteiger partial charge on any atom is -0.333 e. The lowest BCUT2D eigenvalue weighted by molar-refractivity contribution is 0.462. The Labute approximate surface area is 169 Å². The van der Waals surface area contributed by atoms with Gasteiger partial charge in [0.25, 0.3) is 0 Å². The van der Waals surface area contributed by atoms with Gasteiger partial charge < -0.3 is 14.5 Å². The summed E-state index contributed by atoms with van der Waals surface area (Å²) in [5.41, 5.74) is 5.92. The Kier molecular flexibility index (Phi) is 4.41. The molecule has 1 N–H and O–H groups in total. The Bertz CT molecular complexity index is 1120. The van der Waals surface area contributed by atoms with Crippen molar-refractivity contribution < 1.29 is 0 Å². The molecular weight excluding hydrogens is 370 g/mol. The van der Waals surface area contributed by atoms with E-state index in [2.05, 4.69) is 49.7 Å². The molecule has 4 aromatic rings. The van der Waals surface area contributed by atoms with E-state index in [1.807, 2.05) is 37.1 Å². The second-order valence-electron chi connectivity index (χ2n) is 7.38. The fourth-order valence-electron chi connectivity index (χ4n) is 4.38. The van der Waals surface area contributed by atoms with Gasteiger partial charge in [-0.15, -0.1) is 0 Å². The van der Waals surface area contributed by atoms with Gasteiger partial charge in [0.15, 0.2) is 0 Å². The molecule has 1 fully saturated rings. The highest BCUT2D eigenvalue weighted by atomic mass is 35.5. The Balaban J connectivity index is 1.87. The number of benzene rings is 1. The van der Waals surface area contributed by atoms with E-state index in [9.17, 15) is 0 Å². The lowest BCUT2D eigenvalue weighted by Crippen LogP contribution is -2.26. The first kappa shape index (κ1) is 17.5. The molecule has 4 heterocycles. The Morgan fingerprint density at radius 3 is 2.54 bits per heavy atom. The summed E-state index contributed by atoms with van der Waals surface area (Å²) < 4.78 is 4.41. The van der Waals surface area contributed by atoms with E-state index in [4.69, 9.17) is 11.6 Å². The number of piperidine rings is 1. The van der Waals surface area contributed by atoms with Crippen LogP contribution in [0.25, 0.3) is 28.0 Å². The highest BCUT2D eigenvalue weighted by Crippen LogP contribution is 2.42. The summed E-state index contributed by atoms with van der Waals surface area (Å²) in [6.07, 6.45) is 9.95. The molecule has 5 nitrogen and oxygen atoms in total. The van der Waals surface area contributed by atoms with E-state index in [0.29, 0.717) is 5.92 Å². The van der Waals surface area contributed by atoms with Gasteiger partial charge in [-0.1, -0.05) is 11.6 Å². The van der Waals surface area contributed by atoms with Crippen LogP contribution < -0.4 is 5.32 Å². The lowest BCUT2D eigenvalue weighted by atomic mass is 9.87. The van der Waals surface area contributed by atoms with Gasteiger partial charge in [-0.3, -0.25) is 4.98 Å². The Morgan fingerprint density at radius 1 is 1.04 bits per heavy atom. The minimum absolute atomic E-state index is 0.504. The van der Waals surface area contributed by atoms with Crippen molar-refractivity contribution in [2.45, 2.75) is 18.8 Å². The van der Waals surface area contributed by atoms with E-state index in [1.54, 1.807) is 0 Å². The van der Waals surface area contributed by atoms with Crippen LogP contribution in [0.4, 0.5) is 0 Å². The maximum Gasteiger partial charge on any atom is 0.0948 e. The molecule has 1 aliphatic rings. The topological polar surface area (TPSA) is 47.7 Å². The number of rotatable bonds is 3. The maximum atomic E-state index is 6.17. The molecule has 1 aliphatic heterocycles. The Hall–Kier alpha value is -2.63. The summed E-state index contributed by atoms with van der Waals surface area (Å²) in [4.78, 5) is 8.84. The zero-order valence-corrected chi connectivity index (χ0v) is 16.5. The molecule has 5 rings (SSSR count). The number of fused-ring (bicyclic) bond motifs is 1. The van der Waals surface area contributed by atoms with Gasteiger partial charge in [-0.25, -0.2) is 4.98 Å². The van der Waals surface area contributed by atoms with Crippen LogP contribution in [-0.4, -0.2) is 32.2 Å². The highest BCUT2D eigenvalue weighted by molar-refractivity contribution is 6.30. The molecule has 1 aromatic carbocycles. The fraction of sp³-hybridized carbons (Fsp3) is 0.273. The molecule has 0 aliphatic carbocycles. The second-order valence-corrected chi connectivity index (χ2v) is 7.82. The molecule has 6 heteroatoms. The molecule has 3 aromatic heterocycles. The van der Waals surface area contributed by atoms with Crippen LogP contribution in [0.3, 0.4) is 0 Å². The number of imidazole rings is 1. The van der Waals surface area contributed by atoms with Crippen LogP contribution in [0.1, 0.15) is 24.3 Å². The maximum absolute atomic E-state index is 6.17. The van der Waals surface area contributed by atoms with Crippen molar-refractivity contribution in [1.29, 1.82) is 0 Å². The summed E-state index contributed by atoms with van der Waals surface area (Å²) in [7, 11) is 2.05.